The van der Waals surface area contributed by atoms with E-state index in [2.05, 4.69) is 34.0 Å². The van der Waals surface area contributed by atoms with Crippen LogP contribution in [0.4, 0.5) is 0 Å². The Hall–Kier alpha value is -1.40. The van der Waals surface area contributed by atoms with Crippen molar-refractivity contribution < 1.29 is 9.59 Å². The van der Waals surface area contributed by atoms with E-state index in [9.17, 15) is 9.59 Å². The smallest absolute Gasteiger partial charge is 0.228 e. The lowest BCUT2D eigenvalue weighted by atomic mass is 10.1. The van der Waals surface area contributed by atoms with Gasteiger partial charge in [0.25, 0.3) is 0 Å². The Bertz CT molecular complexity index is 509. The summed E-state index contributed by atoms with van der Waals surface area (Å²) in [6.45, 7) is 6.05. The number of hydrogen-bond donors (Lipinski definition) is 1. The zero-order valence-electron chi connectivity index (χ0n) is 12.2. The van der Waals surface area contributed by atoms with Crippen LogP contribution in [0.5, 0.6) is 0 Å². The molecule has 0 saturated carbocycles. The Morgan fingerprint density at radius 3 is 2.71 bits per heavy atom. The number of nitrogens with zero attached hydrogens (tertiary/aromatic N) is 2. The molecule has 0 aromatic carbocycles. The lowest BCUT2D eigenvalue weighted by Crippen LogP contribution is -2.51. The molecule has 3 rings (SSSR count). The van der Waals surface area contributed by atoms with E-state index in [0.717, 1.165) is 26.2 Å². The van der Waals surface area contributed by atoms with Crippen LogP contribution >= 0.6 is 11.3 Å². The topological polar surface area (TPSA) is 52.6 Å². The molecule has 1 N–H and O–H groups in total. The zero-order chi connectivity index (χ0) is 14.8. The number of thiophene rings is 1. The number of hydrogen-bond acceptors (Lipinski definition) is 4. The molecule has 2 aliphatic heterocycles. The molecule has 3 heterocycles. The molecule has 2 saturated heterocycles. The highest BCUT2D eigenvalue weighted by Crippen LogP contribution is 2.24. The van der Waals surface area contributed by atoms with Gasteiger partial charge in [0, 0.05) is 45.2 Å². The fraction of sp³-hybridized carbons (Fsp3) is 0.600. The predicted octanol–water partition coefficient (Wildman–Crippen LogP) is 1.09. The van der Waals surface area contributed by atoms with Crippen molar-refractivity contribution in [2.24, 2.45) is 5.92 Å². The van der Waals surface area contributed by atoms with Crippen molar-refractivity contribution in [2.75, 3.05) is 32.7 Å². The minimum atomic E-state index is -0.154. The van der Waals surface area contributed by atoms with Crippen molar-refractivity contribution in [1.29, 1.82) is 0 Å². The third-order valence-corrected chi connectivity index (χ3v) is 5.23. The van der Waals surface area contributed by atoms with Crippen LogP contribution in [0.1, 0.15) is 24.9 Å². The highest BCUT2D eigenvalue weighted by molar-refractivity contribution is 7.07. The first-order chi connectivity index (χ1) is 10.1. The van der Waals surface area contributed by atoms with Crippen molar-refractivity contribution in [3.05, 3.63) is 22.4 Å². The number of nitrogens with one attached hydrogen (secondary N) is 1. The fourth-order valence-electron chi connectivity index (χ4n) is 3.09. The highest BCUT2D eigenvalue weighted by atomic mass is 32.1. The Balaban J connectivity index is 1.53. The van der Waals surface area contributed by atoms with Crippen LogP contribution < -0.4 is 5.32 Å². The molecular formula is C15H21N3O2S. The van der Waals surface area contributed by atoms with E-state index in [1.165, 1.54) is 5.56 Å². The van der Waals surface area contributed by atoms with E-state index < -0.39 is 0 Å². The molecule has 2 atom stereocenters. The lowest BCUT2D eigenvalue weighted by Gasteiger charge is -2.38. The summed E-state index contributed by atoms with van der Waals surface area (Å²) in [5.41, 5.74) is 1.35. The third kappa shape index (κ3) is 3.11. The van der Waals surface area contributed by atoms with Gasteiger partial charge in [-0.3, -0.25) is 14.5 Å². The van der Waals surface area contributed by atoms with Crippen LogP contribution in [-0.2, 0) is 9.59 Å². The average Bonchev–Trinajstić information content (AvgIpc) is 3.17. The summed E-state index contributed by atoms with van der Waals surface area (Å²) in [7, 11) is 0. The van der Waals surface area contributed by atoms with Crippen molar-refractivity contribution in [3.63, 3.8) is 0 Å². The Kier molecular flexibility index (Phi) is 4.26. The number of carbonyl (C=O) groups is 2. The van der Waals surface area contributed by atoms with Crippen LogP contribution in [0.3, 0.4) is 0 Å². The summed E-state index contributed by atoms with van der Waals surface area (Å²) in [5.74, 6) is -0.0207. The molecule has 2 fully saturated rings. The summed E-state index contributed by atoms with van der Waals surface area (Å²) in [4.78, 5) is 27.9. The molecule has 0 unspecified atom stereocenters. The van der Waals surface area contributed by atoms with Crippen LogP contribution in [-0.4, -0.2) is 54.3 Å². The summed E-state index contributed by atoms with van der Waals surface area (Å²) in [6.07, 6.45) is 0.352. The molecule has 0 aliphatic carbocycles. The molecule has 114 valence electrons. The molecule has 5 nitrogen and oxygen atoms in total. The summed E-state index contributed by atoms with van der Waals surface area (Å²) in [5, 5.41) is 7.04. The standard InChI is InChI=1S/C15H21N3O2S/c1-11(12-2-7-21-10-12)17-3-5-18(6-4-17)15(20)13-8-14(19)16-9-13/h2,7,10-11,13H,3-6,8-9H2,1H3,(H,16,19)/t11-,13+/m1/s1. The van der Waals surface area contributed by atoms with E-state index >= 15 is 0 Å². The van der Waals surface area contributed by atoms with E-state index in [0.29, 0.717) is 19.0 Å². The minimum Gasteiger partial charge on any atom is -0.355 e. The van der Waals surface area contributed by atoms with Gasteiger partial charge in [-0.2, -0.15) is 11.3 Å². The second-order valence-electron chi connectivity index (χ2n) is 5.80. The molecule has 0 radical (unpaired) electrons. The van der Waals surface area contributed by atoms with Gasteiger partial charge in [-0.05, 0) is 29.3 Å². The highest BCUT2D eigenvalue weighted by Gasteiger charge is 2.33. The van der Waals surface area contributed by atoms with Gasteiger partial charge in [0.05, 0.1) is 5.92 Å². The largest absolute Gasteiger partial charge is 0.355 e. The van der Waals surface area contributed by atoms with Crippen LogP contribution in [0.2, 0.25) is 0 Å². The number of piperazine rings is 1. The SMILES string of the molecule is C[C@H](c1ccsc1)N1CCN(C(=O)[C@@H]2CNC(=O)C2)CC1. The Morgan fingerprint density at radius 1 is 1.38 bits per heavy atom. The van der Waals surface area contributed by atoms with Crippen molar-refractivity contribution in [3.8, 4) is 0 Å². The summed E-state index contributed by atoms with van der Waals surface area (Å²) >= 11 is 1.72. The van der Waals surface area contributed by atoms with Gasteiger partial charge in [0.15, 0.2) is 0 Å². The molecule has 0 bridgehead atoms. The average molecular weight is 307 g/mol. The molecule has 1 aromatic heterocycles. The van der Waals surface area contributed by atoms with Gasteiger partial charge >= 0.3 is 0 Å². The van der Waals surface area contributed by atoms with E-state index in [1.807, 2.05) is 4.90 Å². The Labute approximate surface area is 128 Å². The molecule has 6 heteroatoms. The maximum atomic E-state index is 12.4. The van der Waals surface area contributed by atoms with E-state index in [-0.39, 0.29) is 17.7 Å². The van der Waals surface area contributed by atoms with Crippen LogP contribution in [0, 0.1) is 5.92 Å². The van der Waals surface area contributed by atoms with Crippen molar-refractivity contribution in [2.45, 2.75) is 19.4 Å². The lowest BCUT2D eigenvalue weighted by molar-refractivity contribution is -0.137. The summed E-state index contributed by atoms with van der Waals surface area (Å²) in [6, 6.07) is 2.58. The minimum absolute atomic E-state index is 0.00179. The summed E-state index contributed by atoms with van der Waals surface area (Å²) < 4.78 is 0. The van der Waals surface area contributed by atoms with E-state index in [4.69, 9.17) is 0 Å². The van der Waals surface area contributed by atoms with Crippen LogP contribution in [0.15, 0.2) is 16.8 Å². The van der Waals surface area contributed by atoms with Gasteiger partial charge in [0.1, 0.15) is 0 Å². The zero-order valence-corrected chi connectivity index (χ0v) is 13.1. The van der Waals surface area contributed by atoms with Gasteiger partial charge < -0.3 is 10.2 Å². The molecule has 2 aliphatic rings. The molecule has 21 heavy (non-hydrogen) atoms. The Morgan fingerprint density at radius 2 is 2.14 bits per heavy atom. The molecule has 1 aromatic rings. The fourth-order valence-corrected chi connectivity index (χ4v) is 3.84. The van der Waals surface area contributed by atoms with Gasteiger partial charge in [-0.25, -0.2) is 0 Å². The molecule has 2 amide bonds. The number of carbonyl (C=O) groups excluding carboxylic acids is 2. The number of rotatable bonds is 3. The quantitative estimate of drug-likeness (QED) is 0.909. The first-order valence-corrected chi connectivity index (χ1v) is 8.41. The maximum absolute atomic E-state index is 12.4. The first-order valence-electron chi connectivity index (χ1n) is 7.47. The second kappa shape index (κ2) is 6.15. The maximum Gasteiger partial charge on any atom is 0.228 e. The van der Waals surface area contributed by atoms with Crippen molar-refractivity contribution in [1.82, 2.24) is 15.1 Å². The van der Waals surface area contributed by atoms with Gasteiger partial charge in [0.2, 0.25) is 11.8 Å². The van der Waals surface area contributed by atoms with Crippen molar-refractivity contribution >= 4 is 23.2 Å². The molecular weight excluding hydrogens is 286 g/mol. The third-order valence-electron chi connectivity index (χ3n) is 4.53. The van der Waals surface area contributed by atoms with Gasteiger partial charge in [-0.15, -0.1) is 0 Å². The van der Waals surface area contributed by atoms with Gasteiger partial charge in [-0.1, -0.05) is 0 Å². The molecule has 0 spiro atoms. The monoisotopic (exact) mass is 307 g/mol. The number of amides is 2. The first kappa shape index (κ1) is 14.5. The second-order valence-corrected chi connectivity index (χ2v) is 6.58. The van der Waals surface area contributed by atoms with Crippen LogP contribution in [0.25, 0.3) is 0 Å². The predicted molar refractivity (Wildman–Crippen MR) is 82.0 cm³/mol. The normalized spacial score (nSPS) is 24.9. The van der Waals surface area contributed by atoms with E-state index in [1.54, 1.807) is 11.3 Å².